The molecule has 1 saturated heterocycles. The summed E-state index contributed by atoms with van der Waals surface area (Å²) in [6.07, 6.45) is 2.91. The maximum absolute atomic E-state index is 12.8. The van der Waals surface area contributed by atoms with Gasteiger partial charge < -0.3 is 15.7 Å². The predicted molar refractivity (Wildman–Crippen MR) is 115 cm³/mol. The van der Waals surface area contributed by atoms with Gasteiger partial charge in [0.15, 0.2) is 0 Å². The van der Waals surface area contributed by atoms with Gasteiger partial charge in [-0.1, -0.05) is 42.5 Å². The van der Waals surface area contributed by atoms with Gasteiger partial charge in [-0.05, 0) is 36.5 Å². The quantitative estimate of drug-likeness (QED) is 0.660. The summed E-state index contributed by atoms with van der Waals surface area (Å²) in [6, 6.07) is 18.0. The zero-order chi connectivity index (χ0) is 20.7. The second-order valence-corrected chi connectivity index (χ2v) is 8.61. The SMILES string of the molecule is NC(=O)C1(c2cnc3ccccc3n2)CC1[C@H](CN1CC[C@H](O)C1)c1ccccc1. The molecule has 1 aromatic heterocycles. The summed E-state index contributed by atoms with van der Waals surface area (Å²) >= 11 is 0. The van der Waals surface area contributed by atoms with Crippen molar-refractivity contribution in [2.24, 2.45) is 11.7 Å². The Kier molecular flexibility index (Phi) is 4.76. The van der Waals surface area contributed by atoms with Gasteiger partial charge in [0.2, 0.25) is 5.91 Å². The van der Waals surface area contributed by atoms with E-state index in [9.17, 15) is 9.90 Å². The number of carbonyl (C=O) groups excluding carboxylic acids is 1. The number of aliphatic hydroxyl groups excluding tert-OH is 1. The first-order chi connectivity index (χ1) is 14.6. The molecule has 1 saturated carbocycles. The second-order valence-electron chi connectivity index (χ2n) is 8.61. The van der Waals surface area contributed by atoms with E-state index >= 15 is 0 Å². The van der Waals surface area contributed by atoms with Crippen LogP contribution in [0.25, 0.3) is 11.0 Å². The Morgan fingerprint density at radius 2 is 1.90 bits per heavy atom. The third-order valence-corrected chi connectivity index (χ3v) is 6.78. The van der Waals surface area contributed by atoms with Gasteiger partial charge in [-0.2, -0.15) is 0 Å². The van der Waals surface area contributed by atoms with E-state index in [1.165, 1.54) is 5.56 Å². The van der Waals surface area contributed by atoms with Gasteiger partial charge in [0.25, 0.3) is 0 Å². The van der Waals surface area contributed by atoms with Gasteiger partial charge >= 0.3 is 0 Å². The van der Waals surface area contributed by atoms with Gasteiger partial charge in [0.05, 0.1) is 34.4 Å². The van der Waals surface area contributed by atoms with Crippen LogP contribution in [0.15, 0.2) is 60.8 Å². The summed E-state index contributed by atoms with van der Waals surface area (Å²) in [6.45, 7) is 2.34. The van der Waals surface area contributed by atoms with Crippen LogP contribution < -0.4 is 5.73 Å². The second kappa shape index (κ2) is 7.45. The zero-order valence-corrected chi connectivity index (χ0v) is 16.8. The molecule has 0 spiro atoms. The minimum Gasteiger partial charge on any atom is -0.392 e. The van der Waals surface area contributed by atoms with E-state index in [4.69, 9.17) is 10.7 Å². The lowest BCUT2D eigenvalue weighted by atomic mass is 9.86. The Labute approximate surface area is 175 Å². The van der Waals surface area contributed by atoms with Crippen LogP contribution in [-0.2, 0) is 10.2 Å². The largest absolute Gasteiger partial charge is 0.392 e. The molecule has 3 N–H and O–H groups in total. The van der Waals surface area contributed by atoms with Crippen molar-refractivity contribution in [3.8, 4) is 0 Å². The van der Waals surface area contributed by atoms with Crippen LogP contribution in [0.2, 0.25) is 0 Å². The molecule has 1 amide bonds. The first-order valence-corrected chi connectivity index (χ1v) is 10.6. The lowest BCUT2D eigenvalue weighted by Gasteiger charge is -2.26. The van der Waals surface area contributed by atoms with Gasteiger partial charge in [-0.3, -0.25) is 9.78 Å². The molecule has 0 bridgehead atoms. The molecule has 30 heavy (non-hydrogen) atoms. The summed E-state index contributed by atoms with van der Waals surface area (Å²) in [4.78, 5) is 24.4. The van der Waals surface area contributed by atoms with Crippen molar-refractivity contribution in [1.82, 2.24) is 14.9 Å². The molecule has 2 heterocycles. The molecule has 154 valence electrons. The third-order valence-electron chi connectivity index (χ3n) is 6.78. The number of β-amino-alcohol motifs (C(OH)–C–C–N with tert-alkyl or cyclic N) is 1. The summed E-state index contributed by atoms with van der Waals surface area (Å²) in [5.41, 5.74) is 8.64. The molecule has 2 fully saturated rings. The Morgan fingerprint density at radius 1 is 1.17 bits per heavy atom. The number of carbonyl (C=O) groups is 1. The number of nitrogens with zero attached hydrogens (tertiary/aromatic N) is 3. The monoisotopic (exact) mass is 402 g/mol. The number of benzene rings is 2. The predicted octanol–water partition coefficient (Wildman–Crippen LogP) is 2.22. The van der Waals surface area contributed by atoms with Gasteiger partial charge in [-0.25, -0.2) is 4.98 Å². The number of rotatable bonds is 6. The fourth-order valence-electron chi connectivity index (χ4n) is 5.07. The number of hydrogen-bond acceptors (Lipinski definition) is 5. The van der Waals surface area contributed by atoms with Crippen molar-refractivity contribution >= 4 is 16.9 Å². The van der Waals surface area contributed by atoms with Crippen LogP contribution in [-0.4, -0.2) is 51.6 Å². The van der Waals surface area contributed by atoms with Crippen molar-refractivity contribution < 1.29 is 9.90 Å². The molecule has 2 aromatic carbocycles. The normalized spacial score (nSPS) is 27.2. The van der Waals surface area contributed by atoms with Crippen molar-refractivity contribution in [2.45, 2.75) is 30.3 Å². The standard InChI is InChI=1S/C24H26N4O2/c25-23(30)24(22-13-26-20-8-4-5-9-21(20)27-22)12-19(24)18(16-6-2-1-3-7-16)15-28-11-10-17(29)14-28/h1-9,13,17-19,29H,10-12,14-15H2,(H2,25,30)/t17-,18+,19?,24?/m0/s1. The van der Waals surface area contributed by atoms with Crippen LogP contribution in [0.3, 0.4) is 0 Å². The summed E-state index contributed by atoms with van der Waals surface area (Å²) in [5, 5.41) is 9.97. The average Bonchev–Trinajstić information content (AvgIpc) is 3.40. The van der Waals surface area contributed by atoms with Crippen LogP contribution in [0.4, 0.5) is 0 Å². The van der Waals surface area contributed by atoms with E-state index in [2.05, 4.69) is 22.0 Å². The molecular weight excluding hydrogens is 376 g/mol. The molecule has 6 nitrogen and oxygen atoms in total. The summed E-state index contributed by atoms with van der Waals surface area (Å²) in [7, 11) is 0. The third kappa shape index (κ3) is 3.26. The van der Waals surface area contributed by atoms with Crippen molar-refractivity contribution in [1.29, 1.82) is 0 Å². The molecule has 4 atom stereocenters. The number of hydrogen-bond donors (Lipinski definition) is 2. The number of amides is 1. The van der Waals surface area contributed by atoms with E-state index in [1.54, 1.807) is 6.20 Å². The minimum absolute atomic E-state index is 0.0607. The maximum atomic E-state index is 12.8. The van der Waals surface area contributed by atoms with Gasteiger partial charge in [0.1, 0.15) is 0 Å². The molecule has 2 aliphatic rings. The number of para-hydroxylation sites is 2. The Hall–Kier alpha value is -2.83. The number of aliphatic hydroxyl groups is 1. The topological polar surface area (TPSA) is 92.3 Å². The molecule has 1 aliphatic carbocycles. The number of fused-ring (bicyclic) bond motifs is 1. The molecule has 1 aliphatic heterocycles. The minimum atomic E-state index is -0.796. The van der Waals surface area contributed by atoms with Crippen molar-refractivity contribution in [3.05, 3.63) is 72.1 Å². The Bertz CT molecular complexity index is 1070. The Morgan fingerprint density at radius 3 is 2.60 bits per heavy atom. The highest BCUT2D eigenvalue weighted by atomic mass is 16.3. The summed E-state index contributed by atoms with van der Waals surface area (Å²) in [5.74, 6) is -0.137. The number of aromatic nitrogens is 2. The smallest absolute Gasteiger partial charge is 0.230 e. The lowest BCUT2D eigenvalue weighted by Crippen LogP contribution is -2.35. The fraction of sp³-hybridized carbons (Fsp3) is 0.375. The number of nitrogens with two attached hydrogens (primary N) is 1. The van der Waals surface area contributed by atoms with Crippen LogP contribution in [0, 0.1) is 5.92 Å². The highest BCUT2D eigenvalue weighted by Crippen LogP contribution is 2.60. The highest BCUT2D eigenvalue weighted by Gasteiger charge is 2.64. The molecule has 2 unspecified atom stereocenters. The number of primary amides is 1. The lowest BCUT2D eigenvalue weighted by molar-refractivity contribution is -0.121. The van der Waals surface area contributed by atoms with Gasteiger partial charge in [0, 0.05) is 25.6 Å². The van der Waals surface area contributed by atoms with Crippen LogP contribution in [0.1, 0.15) is 30.0 Å². The van der Waals surface area contributed by atoms with Crippen LogP contribution >= 0.6 is 0 Å². The van der Waals surface area contributed by atoms with E-state index in [1.807, 2.05) is 42.5 Å². The van der Waals surface area contributed by atoms with Crippen molar-refractivity contribution in [3.63, 3.8) is 0 Å². The van der Waals surface area contributed by atoms with E-state index in [0.29, 0.717) is 18.7 Å². The average molecular weight is 402 g/mol. The Balaban J connectivity index is 1.51. The van der Waals surface area contributed by atoms with Crippen molar-refractivity contribution in [2.75, 3.05) is 19.6 Å². The maximum Gasteiger partial charge on any atom is 0.230 e. The summed E-state index contributed by atoms with van der Waals surface area (Å²) < 4.78 is 0. The first-order valence-electron chi connectivity index (χ1n) is 10.6. The zero-order valence-electron chi connectivity index (χ0n) is 16.8. The first kappa shape index (κ1) is 19.2. The molecule has 0 radical (unpaired) electrons. The highest BCUT2D eigenvalue weighted by molar-refractivity contribution is 5.91. The molecule has 6 heteroatoms. The van der Waals surface area contributed by atoms with E-state index < -0.39 is 5.41 Å². The van der Waals surface area contributed by atoms with Crippen LogP contribution in [0.5, 0.6) is 0 Å². The fourth-order valence-corrected chi connectivity index (χ4v) is 5.07. The van der Waals surface area contributed by atoms with E-state index in [0.717, 1.165) is 30.5 Å². The molecule has 5 rings (SSSR count). The molecular formula is C24H26N4O2. The van der Waals surface area contributed by atoms with Gasteiger partial charge in [-0.15, -0.1) is 0 Å². The molecule has 3 aromatic rings. The van der Waals surface area contributed by atoms with E-state index in [-0.39, 0.29) is 23.8 Å². The number of likely N-dealkylation sites (tertiary alicyclic amines) is 1.